The molecular formula is C14H18BrNO5S. The summed E-state index contributed by atoms with van der Waals surface area (Å²) in [6.45, 7) is 3.19. The van der Waals surface area contributed by atoms with Gasteiger partial charge in [-0.05, 0) is 25.1 Å². The minimum atomic E-state index is -3.21. The Morgan fingerprint density at radius 1 is 1.27 bits per heavy atom. The molecule has 0 heterocycles. The van der Waals surface area contributed by atoms with Crippen LogP contribution in [0.2, 0.25) is 0 Å². The normalized spacial score (nSPS) is 12.7. The zero-order chi connectivity index (χ0) is 17.1. The van der Waals surface area contributed by atoms with E-state index in [9.17, 15) is 18.0 Å². The molecule has 0 bridgehead atoms. The quantitative estimate of drug-likeness (QED) is 0.800. The third-order valence-electron chi connectivity index (χ3n) is 3.31. The SMILES string of the molecule is CCS(=O)(=O)CC(C)N(C)C(=O)c1cc(Br)cc(C(=O)O)c1. The standard InChI is InChI=1S/C14H18BrNO5S/c1-4-22(20,21)8-9(2)16(3)13(17)10-5-11(14(18)19)7-12(15)6-10/h5-7,9H,4,8H2,1-3H3,(H,18,19). The molecule has 1 amide bonds. The smallest absolute Gasteiger partial charge is 0.335 e. The lowest BCUT2D eigenvalue weighted by Crippen LogP contribution is -2.39. The molecule has 1 atom stereocenters. The van der Waals surface area contributed by atoms with Crippen LogP contribution < -0.4 is 0 Å². The van der Waals surface area contributed by atoms with Crippen molar-refractivity contribution in [3.05, 3.63) is 33.8 Å². The van der Waals surface area contributed by atoms with Crippen LogP contribution in [-0.2, 0) is 9.84 Å². The average Bonchev–Trinajstić information content (AvgIpc) is 2.44. The van der Waals surface area contributed by atoms with Crippen LogP contribution in [0.1, 0.15) is 34.6 Å². The second-order valence-corrected chi connectivity index (χ2v) is 8.31. The van der Waals surface area contributed by atoms with Crippen molar-refractivity contribution in [2.75, 3.05) is 18.6 Å². The fraction of sp³-hybridized carbons (Fsp3) is 0.429. The van der Waals surface area contributed by atoms with Crippen molar-refractivity contribution in [3.63, 3.8) is 0 Å². The number of amides is 1. The molecule has 0 aliphatic rings. The number of carboxylic acid groups (broad SMARTS) is 1. The van der Waals surface area contributed by atoms with Crippen LogP contribution in [0.15, 0.2) is 22.7 Å². The number of halogens is 1. The number of aromatic carboxylic acids is 1. The summed E-state index contributed by atoms with van der Waals surface area (Å²) in [7, 11) is -1.71. The Morgan fingerprint density at radius 2 is 1.82 bits per heavy atom. The highest BCUT2D eigenvalue weighted by molar-refractivity contribution is 9.10. The minimum absolute atomic E-state index is 0.0133. The van der Waals surface area contributed by atoms with Gasteiger partial charge in [-0.25, -0.2) is 13.2 Å². The van der Waals surface area contributed by atoms with Crippen molar-refractivity contribution in [3.8, 4) is 0 Å². The molecule has 1 N–H and O–H groups in total. The molecule has 1 rings (SSSR count). The second kappa shape index (κ2) is 7.23. The lowest BCUT2D eigenvalue weighted by Gasteiger charge is -2.25. The topological polar surface area (TPSA) is 91.8 Å². The molecule has 1 unspecified atom stereocenters. The molecule has 0 spiro atoms. The Hall–Kier alpha value is -1.41. The zero-order valence-corrected chi connectivity index (χ0v) is 14.9. The number of carbonyl (C=O) groups excluding carboxylic acids is 1. The predicted molar refractivity (Wildman–Crippen MR) is 87.0 cm³/mol. The Morgan fingerprint density at radius 3 is 2.32 bits per heavy atom. The van der Waals surface area contributed by atoms with E-state index in [2.05, 4.69) is 15.9 Å². The van der Waals surface area contributed by atoms with Gasteiger partial charge in [0.1, 0.15) is 0 Å². The van der Waals surface area contributed by atoms with E-state index >= 15 is 0 Å². The van der Waals surface area contributed by atoms with E-state index < -0.39 is 27.8 Å². The fourth-order valence-corrected chi connectivity index (χ4v) is 3.53. The molecule has 0 radical (unpaired) electrons. The summed E-state index contributed by atoms with van der Waals surface area (Å²) in [5.41, 5.74) is 0.176. The summed E-state index contributed by atoms with van der Waals surface area (Å²) in [5, 5.41) is 9.02. The number of hydrogen-bond donors (Lipinski definition) is 1. The maximum absolute atomic E-state index is 12.4. The van der Waals surface area contributed by atoms with E-state index in [1.807, 2.05) is 0 Å². The van der Waals surface area contributed by atoms with E-state index in [-0.39, 0.29) is 22.6 Å². The highest BCUT2D eigenvalue weighted by Gasteiger charge is 2.23. The van der Waals surface area contributed by atoms with Crippen LogP contribution in [0.4, 0.5) is 0 Å². The van der Waals surface area contributed by atoms with Crippen LogP contribution in [0.25, 0.3) is 0 Å². The Balaban J connectivity index is 3.03. The Labute approximate surface area is 138 Å². The molecule has 0 fully saturated rings. The number of carboxylic acids is 1. The summed E-state index contributed by atoms with van der Waals surface area (Å²) >= 11 is 3.17. The first-order valence-electron chi connectivity index (χ1n) is 6.59. The summed E-state index contributed by atoms with van der Waals surface area (Å²) in [6, 6.07) is 3.66. The highest BCUT2D eigenvalue weighted by Crippen LogP contribution is 2.18. The monoisotopic (exact) mass is 391 g/mol. The van der Waals surface area contributed by atoms with Crippen LogP contribution in [0.3, 0.4) is 0 Å². The van der Waals surface area contributed by atoms with Crippen LogP contribution in [-0.4, -0.2) is 54.9 Å². The van der Waals surface area contributed by atoms with Crippen molar-refractivity contribution >= 4 is 37.6 Å². The van der Waals surface area contributed by atoms with E-state index in [1.165, 1.54) is 30.1 Å². The Bertz CT molecular complexity index is 686. The van der Waals surface area contributed by atoms with Gasteiger partial charge in [-0.2, -0.15) is 0 Å². The van der Waals surface area contributed by atoms with Gasteiger partial charge >= 0.3 is 5.97 Å². The average molecular weight is 392 g/mol. The van der Waals surface area contributed by atoms with Gasteiger partial charge in [0.15, 0.2) is 9.84 Å². The number of hydrogen-bond acceptors (Lipinski definition) is 4. The molecule has 0 saturated heterocycles. The van der Waals surface area contributed by atoms with Crippen molar-refractivity contribution < 1.29 is 23.1 Å². The lowest BCUT2D eigenvalue weighted by atomic mass is 10.1. The third-order valence-corrected chi connectivity index (χ3v) is 5.64. The first-order valence-corrected chi connectivity index (χ1v) is 9.20. The second-order valence-electron chi connectivity index (χ2n) is 5.00. The highest BCUT2D eigenvalue weighted by atomic mass is 79.9. The van der Waals surface area contributed by atoms with E-state index in [1.54, 1.807) is 13.8 Å². The minimum Gasteiger partial charge on any atom is -0.478 e. The van der Waals surface area contributed by atoms with E-state index in [4.69, 9.17) is 5.11 Å². The van der Waals surface area contributed by atoms with Gasteiger partial charge in [-0.3, -0.25) is 4.79 Å². The van der Waals surface area contributed by atoms with Crippen molar-refractivity contribution in [1.82, 2.24) is 4.90 Å². The van der Waals surface area contributed by atoms with Crippen LogP contribution >= 0.6 is 15.9 Å². The number of nitrogens with zero attached hydrogens (tertiary/aromatic N) is 1. The molecule has 6 nitrogen and oxygen atoms in total. The summed E-state index contributed by atoms with van der Waals surface area (Å²) < 4.78 is 23.8. The fourth-order valence-electron chi connectivity index (χ4n) is 1.84. The predicted octanol–water partition coefficient (Wildman–Crippen LogP) is 2.04. The maximum Gasteiger partial charge on any atom is 0.335 e. The third kappa shape index (κ3) is 4.81. The first-order chi connectivity index (χ1) is 10.1. The molecule has 0 aromatic heterocycles. The van der Waals surface area contributed by atoms with E-state index in [0.29, 0.717) is 4.47 Å². The molecule has 1 aromatic carbocycles. The van der Waals surface area contributed by atoms with Crippen LogP contribution in [0, 0.1) is 0 Å². The van der Waals surface area contributed by atoms with Crippen molar-refractivity contribution in [2.45, 2.75) is 19.9 Å². The van der Waals surface area contributed by atoms with Gasteiger partial charge in [0, 0.05) is 28.9 Å². The number of sulfone groups is 1. The van der Waals surface area contributed by atoms with Crippen molar-refractivity contribution in [2.24, 2.45) is 0 Å². The maximum atomic E-state index is 12.4. The summed E-state index contributed by atoms with van der Waals surface area (Å²) in [6.07, 6.45) is 0. The molecule has 22 heavy (non-hydrogen) atoms. The summed E-state index contributed by atoms with van der Waals surface area (Å²) in [5.74, 6) is -1.69. The molecule has 1 aromatic rings. The molecule has 0 saturated carbocycles. The number of carbonyl (C=O) groups is 2. The first kappa shape index (κ1) is 18.6. The van der Waals surface area contributed by atoms with Crippen molar-refractivity contribution in [1.29, 1.82) is 0 Å². The van der Waals surface area contributed by atoms with Crippen LogP contribution in [0.5, 0.6) is 0 Å². The summed E-state index contributed by atoms with van der Waals surface area (Å²) in [4.78, 5) is 24.7. The van der Waals surface area contributed by atoms with E-state index in [0.717, 1.165) is 0 Å². The molecule has 0 aliphatic carbocycles. The molecule has 0 aliphatic heterocycles. The van der Waals surface area contributed by atoms with Gasteiger partial charge in [0.05, 0.1) is 11.3 Å². The molecule has 8 heteroatoms. The lowest BCUT2D eigenvalue weighted by molar-refractivity contribution is 0.0696. The number of benzene rings is 1. The zero-order valence-electron chi connectivity index (χ0n) is 12.5. The van der Waals surface area contributed by atoms with Gasteiger partial charge in [0.25, 0.3) is 5.91 Å². The van der Waals surface area contributed by atoms with Gasteiger partial charge in [-0.15, -0.1) is 0 Å². The van der Waals surface area contributed by atoms with Gasteiger partial charge < -0.3 is 10.0 Å². The Kier molecular flexibility index (Phi) is 6.13. The largest absolute Gasteiger partial charge is 0.478 e. The molecular weight excluding hydrogens is 374 g/mol. The molecule has 122 valence electrons. The number of rotatable bonds is 6. The van der Waals surface area contributed by atoms with Gasteiger partial charge in [0.2, 0.25) is 0 Å². The van der Waals surface area contributed by atoms with Gasteiger partial charge in [-0.1, -0.05) is 22.9 Å².